The summed E-state index contributed by atoms with van der Waals surface area (Å²) in [6.45, 7) is 1.37. The normalized spacial score (nSPS) is 13.4. The smallest absolute Gasteiger partial charge is 0.221 e. The van der Waals surface area contributed by atoms with Crippen LogP contribution in [0.1, 0.15) is 18.2 Å². The van der Waals surface area contributed by atoms with Crippen molar-refractivity contribution in [2.24, 2.45) is 5.73 Å². The number of aliphatic hydroxyl groups excluding tert-OH is 1. The number of hydrogen-bond donors (Lipinski definition) is 3. The number of carbonyl (C=O) groups is 1. The molecule has 0 aliphatic rings. The number of aromatic nitrogens is 1. The van der Waals surface area contributed by atoms with Crippen LogP contribution in [0.25, 0.3) is 0 Å². The van der Waals surface area contributed by atoms with Crippen LogP contribution in [0.2, 0.25) is 0 Å². The first-order valence-corrected chi connectivity index (χ1v) is 7.46. The maximum absolute atomic E-state index is 13.7. The number of hydrogen-bond acceptors (Lipinski definition) is 4. The molecule has 0 unspecified atom stereocenters. The highest BCUT2D eigenvalue weighted by Crippen LogP contribution is 2.17. The third kappa shape index (κ3) is 4.81. The lowest BCUT2D eigenvalue weighted by Crippen LogP contribution is -2.38. The summed E-state index contributed by atoms with van der Waals surface area (Å²) in [4.78, 5) is 15.3. The van der Waals surface area contributed by atoms with Gasteiger partial charge in [0.15, 0.2) is 0 Å². The van der Waals surface area contributed by atoms with Gasteiger partial charge < -0.3 is 16.2 Å². The fourth-order valence-electron chi connectivity index (χ4n) is 2.34. The van der Waals surface area contributed by atoms with E-state index in [0.717, 1.165) is 18.2 Å². The molecule has 0 fully saturated rings. The minimum atomic E-state index is -1.03. The third-order valence-corrected chi connectivity index (χ3v) is 3.56. The van der Waals surface area contributed by atoms with E-state index in [-0.39, 0.29) is 24.3 Å². The number of benzene rings is 1. The Hall–Kier alpha value is -2.38. The van der Waals surface area contributed by atoms with Crippen LogP contribution in [0.15, 0.2) is 36.5 Å². The predicted octanol–water partition coefficient (Wildman–Crippen LogP) is 1.79. The molecule has 2 rings (SSSR count). The van der Waals surface area contributed by atoms with E-state index < -0.39 is 23.8 Å². The monoisotopic (exact) mass is 335 g/mol. The molecule has 1 aromatic carbocycles. The number of anilines is 1. The summed E-state index contributed by atoms with van der Waals surface area (Å²) in [7, 11) is 0. The molecule has 0 saturated heterocycles. The third-order valence-electron chi connectivity index (χ3n) is 3.56. The molecule has 128 valence electrons. The van der Waals surface area contributed by atoms with E-state index in [2.05, 4.69) is 10.3 Å². The van der Waals surface area contributed by atoms with Crippen LogP contribution in [-0.4, -0.2) is 28.1 Å². The lowest BCUT2D eigenvalue weighted by molar-refractivity contribution is -0.114. The zero-order chi connectivity index (χ0) is 17.7. The maximum atomic E-state index is 13.7. The molecule has 1 aromatic heterocycles. The van der Waals surface area contributed by atoms with Gasteiger partial charge in [-0.05, 0) is 42.3 Å². The van der Waals surface area contributed by atoms with E-state index in [1.54, 1.807) is 12.1 Å². The van der Waals surface area contributed by atoms with Crippen molar-refractivity contribution in [1.82, 2.24) is 4.98 Å². The average Bonchev–Trinajstić information content (AvgIpc) is 2.52. The maximum Gasteiger partial charge on any atom is 0.221 e. The predicted molar refractivity (Wildman–Crippen MR) is 86.3 cm³/mol. The van der Waals surface area contributed by atoms with Crippen LogP contribution in [0.4, 0.5) is 14.5 Å². The molecule has 1 heterocycles. The Bertz CT molecular complexity index is 725. The van der Waals surface area contributed by atoms with Gasteiger partial charge in [-0.2, -0.15) is 0 Å². The molecule has 2 aromatic rings. The second kappa shape index (κ2) is 7.94. The first-order valence-electron chi connectivity index (χ1n) is 7.46. The van der Waals surface area contributed by atoms with E-state index >= 15 is 0 Å². The Morgan fingerprint density at radius 2 is 2.08 bits per heavy atom. The van der Waals surface area contributed by atoms with Crippen molar-refractivity contribution < 1.29 is 18.7 Å². The van der Waals surface area contributed by atoms with Crippen molar-refractivity contribution in [3.63, 3.8) is 0 Å². The summed E-state index contributed by atoms with van der Waals surface area (Å²) in [5.74, 6) is -1.40. The second-order valence-electron chi connectivity index (χ2n) is 5.55. The fourth-order valence-corrected chi connectivity index (χ4v) is 2.34. The van der Waals surface area contributed by atoms with Crippen LogP contribution in [0, 0.1) is 11.6 Å². The van der Waals surface area contributed by atoms with Crippen molar-refractivity contribution in [3.05, 3.63) is 59.4 Å². The Morgan fingerprint density at radius 3 is 2.79 bits per heavy atom. The molecule has 4 N–H and O–H groups in total. The zero-order valence-electron chi connectivity index (χ0n) is 13.2. The van der Waals surface area contributed by atoms with Gasteiger partial charge in [-0.1, -0.05) is 0 Å². The van der Waals surface area contributed by atoms with E-state index in [4.69, 9.17) is 5.73 Å². The number of aliphatic hydroxyl groups is 1. The molecule has 0 saturated carbocycles. The first kappa shape index (κ1) is 18.0. The van der Waals surface area contributed by atoms with Gasteiger partial charge in [0.1, 0.15) is 11.6 Å². The van der Waals surface area contributed by atoms with Crippen LogP contribution in [0.5, 0.6) is 0 Å². The number of halogens is 2. The van der Waals surface area contributed by atoms with Gasteiger partial charge in [-0.25, -0.2) is 8.78 Å². The highest BCUT2D eigenvalue weighted by atomic mass is 19.1. The molecule has 0 bridgehead atoms. The number of nitrogens with one attached hydrogen (secondary N) is 1. The Balaban J connectivity index is 2.08. The summed E-state index contributed by atoms with van der Waals surface area (Å²) >= 11 is 0. The van der Waals surface area contributed by atoms with Gasteiger partial charge >= 0.3 is 0 Å². The van der Waals surface area contributed by atoms with Crippen LogP contribution < -0.4 is 11.1 Å². The van der Waals surface area contributed by atoms with Crippen LogP contribution >= 0.6 is 0 Å². The first-order chi connectivity index (χ1) is 11.4. The summed E-state index contributed by atoms with van der Waals surface area (Å²) in [5, 5.41) is 12.9. The number of nitrogens with two attached hydrogens (primary N) is 1. The van der Waals surface area contributed by atoms with Crippen LogP contribution in [0.3, 0.4) is 0 Å². The molecule has 0 radical (unpaired) electrons. The van der Waals surface area contributed by atoms with Crippen molar-refractivity contribution >= 4 is 11.6 Å². The standard InChI is InChI=1S/C17H19F2N3O2/c1-10(23)22-15-3-2-6-21-16(15)9-17(24)14(20)8-11-7-12(18)4-5-13(11)19/h2-7,14,17,24H,8-9,20H2,1H3,(H,22,23)/t14-,17+/m1/s1. The van der Waals surface area contributed by atoms with E-state index in [1.165, 1.54) is 13.1 Å². The molecule has 7 heteroatoms. The van der Waals surface area contributed by atoms with Gasteiger partial charge in [-0.3, -0.25) is 9.78 Å². The lowest BCUT2D eigenvalue weighted by atomic mass is 9.98. The fraction of sp³-hybridized carbons (Fsp3) is 0.294. The minimum absolute atomic E-state index is 0.0208. The van der Waals surface area contributed by atoms with E-state index in [0.29, 0.717) is 11.4 Å². The number of carbonyl (C=O) groups excluding carboxylic acids is 1. The lowest BCUT2D eigenvalue weighted by Gasteiger charge is -2.20. The molecule has 0 aliphatic carbocycles. The number of nitrogens with zero attached hydrogens (tertiary/aromatic N) is 1. The van der Waals surface area contributed by atoms with E-state index in [9.17, 15) is 18.7 Å². The summed E-state index contributed by atoms with van der Waals surface area (Å²) in [6, 6.07) is 5.61. The topological polar surface area (TPSA) is 88.2 Å². The SMILES string of the molecule is CC(=O)Nc1cccnc1C[C@H](O)[C@H](N)Cc1cc(F)ccc1F. The number of pyridine rings is 1. The highest BCUT2D eigenvalue weighted by molar-refractivity contribution is 5.89. The van der Waals surface area contributed by atoms with Gasteiger partial charge in [0.05, 0.1) is 17.5 Å². The summed E-state index contributed by atoms with van der Waals surface area (Å²) in [6.07, 6.45) is 0.558. The summed E-state index contributed by atoms with van der Waals surface area (Å²) < 4.78 is 26.9. The Kier molecular flexibility index (Phi) is 5.94. The molecule has 24 heavy (non-hydrogen) atoms. The molecular weight excluding hydrogens is 316 g/mol. The Morgan fingerprint density at radius 1 is 1.33 bits per heavy atom. The highest BCUT2D eigenvalue weighted by Gasteiger charge is 2.20. The number of amides is 1. The molecule has 0 spiro atoms. The Labute approximate surface area is 138 Å². The second-order valence-corrected chi connectivity index (χ2v) is 5.55. The van der Waals surface area contributed by atoms with Gasteiger partial charge in [0.2, 0.25) is 5.91 Å². The van der Waals surface area contributed by atoms with Crippen LogP contribution in [-0.2, 0) is 17.6 Å². The minimum Gasteiger partial charge on any atom is -0.391 e. The zero-order valence-corrected chi connectivity index (χ0v) is 13.2. The van der Waals surface area contributed by atoms with Gasteiger partial charge in [0, 0.05) is 25.6 Å². The quantitative estimate of drug-likeness (QED) is 0.751. The summed E-state index contributed by atoms with van der Waals surface area (Å²) in [5.41, 5.74) is 6.96. The molecule has 0 aliphatic heterocycles. The van der Waals surface area contributed by atoms with Crippen molar-refractivity contribution in [2.45, 2.75) is 31.9 Å². The number of rotatable bonds is 6. The largest absolute Gasteiger partial charge is 0.391 e. The molecule has 2 atom stereocenters. The van der Waals surface area contributed by atoms with Crippen molar-refractivity contribution in [3.8, 4) is 0 Å². The van der Waals surface area contributed by atoms with Crippen molar-refractivity contribution in [1.29, 1.82) is 0 Å². The van der Waals surface area contributed by atoms with Gasteiger partial charge in [-0.15, -0.1) is 0 Å². The van der Waals surface area contributed by atoms with E-state index in [1.807, 2.05) is 0 Å². The molecule has 5 nitrogen and oxygen atoms in total. The molecular formula is C17H19F2N3O2. The van der Waals surface area contributed by atoms with Crippen molar-refractivity contribution in [2.75, 3.05) is 5.32 Å². The molecule has 1 amide bonds. The van der Waals surface area contributed by atoms with Gasteiger partial charge in [0.25, 0.3) is 0 Å². The average molecular weight is 335 g/mol.